The largest absolute Gasteiger partial charge is 0.298 e. The number of hydrogen-bond acceptors (Lipinski definition) is 3. The van der Waals surface area contributed by atoms with Gasteiger partial charge in [-0.2, -0.15) is 0 Å². The Morgan fingerprint density at radius 1 is 1.42 bits per heavy atom. The van der Waals surface area contributed by atoms with Crippen LogP contribution in [0.2, 0.25) is 0 Å². The van der Waals surface area contributed by atoms with Gasteiger partial charge in [-0.05, 0) is 31.9 Å². The summed E-state index contributed by atoms with van der Waals surface area (Å²) in [5.74, 6) is 0. The van der Waals surface area contributed by atoms with Crippen LogP contribution in [-0.2, 0) is 16.6 Å². The van der Waals surface area contributed by atoms with Gasteiger partial charge in [0, 0.05) is 19.1 Å². The predicted molar refractivity (Wildman–Crippen MR) is 77.5 cm³/mol. The van der Waals surface area contributed by atoms with Gasteiger partial charge in [-0.1, -0.05) is 29.8 Å². The summed E-state index contributed by atoms with van der Waals surface area (Å²) in [6, 6.07) is 8.52. The van der Waals surface area contributed by atoms with Gasteiger partial charge in [-0.3, -0.25) is 4.90 Å². The van der Waals surface area contributed by atoms with E-state index >= 15 is 0 Å². The third-order valence-corrected chi connectivity index (χ3v) is 4.14. The summed E-state index contributed by atoms with van der Waals surface area (Å²) >= 11 is 0. The number of nitrogens with one attached hydrogen (secondary N) is 1. The van der Waals surface area contributed by atoms with Gasteiger partial charge < -0.3 is 0 Å². The molecule has 1 aliphatic heterocycles. The van der Waals surface area contributed by atoms with E-state index in [1.165, 1.54) is 17.4 Å². The fraction of sp³-hybridized carbons (Fsp3) is 0.571. The second-order valence-electron chi connectivity index (χ2n) is 5.45. The maximum absolute atomic E-state index is 11.3. The monoisotopic (exact) mass is 282 g/mol. The highest BCUT2D eigenvalue weighted by Crippen LogP contribution is 2.15. The molecule has 1 unspecified atom stereocenters. The van der Waals surface area contributed by atoms with Gasteiger partial charge in [-0.25, -0.2) is 13.1 Å². The number of nitrogens with zero attached hydrogens (tertiary/aromatic N) is 1. The van der Waals surface area contributed by atoms with E-state index in [1.54, 1.807) is 0 Å². The van der Waals surface area contributed by atoms with Crippen LogP contribution in [0.3, 0.4) is 0 Å². The van der Waals surface area contributed by atoms with Gasteiger partial charge in [0.05, 0.1) is 6.26 Å². The van der Waals surface area contributed by atoms with Crippen molar-refractivity contribution in [3.05, 3.63) is 35.4 Å². The van der Waals surface area contributed by atoms with E-state index < -0.39 is 10.0 Å². The number of rotatable bonds is 4. The number of benzene rings is 1. The average Bonchev–Trinajstić information content (AvgIpc) is 2.27. The first-order valence-electron chi connectivity index (χ1n) is 6.67. The maximum Gasteiger partial charge on any atom is 0.208 e. The molecule has 0 saturated carbocycles. The first kappa shape index (κ1) is 14.5. The molecule has 19 heavy (non-hydrogen) atoms. The zero-order valence-corrected chi connectivity index (χ0v) is 12.4. The van der Waals surface area contributed by atoms with Gasteiger partial charge in [0.2, 0.25) is 10.0 Å². The fourth-order valence-electron chi connectivity index (χ4n) is 2.67. The number of sulfonamides is 1. The lowest BCUT2D eigenvalue weighted by Gasteiger charge is -2.32. The van der Waals surface area contributed by atoms with Crippen LogP contribution in [0.25, 0.3) is 0 Å². The maximum atomic E-state index is 11.3. The number of hydrogen-bond donors (Lipinski definition) is 1. The van der Waals surface area contributed by atoms with Gasteiger partial charge in [0.15, 0.2) is 0 Å². The van der Waals surface area contributed by atoms with Crippen LogP contribution in [0.15, 0.2) is 24.3 Å². The van der Waals surface area contributed by atoms with Crippen molar-refractivity contribution in [1.82, 2.24) is 9.62 Å². The second-order valence-corrected chi connectivity index (χ2v) is 7.23. The van der Waals surface area contributed by atoms with Crippen molar-refractivity contribution in [2.45, 2.75) is 32.4 Å². The van der Waals surface area contributed by atoms with Gasteiger partial charge in [-0.15, -0.1) is 0 Å². The quantitative estimate of drug-likeness (QED) is 0.910. The molecule has 0 radical (unpaired) electrons. The highest BCUT2D eigenvalue weighted by Gasteiger charge is 2.22. The molecule has 1 saturated heterocycles. The van der Waals surface area contributed by atoms with E-state index in [9.17, 15) is 8.42 Å². The lowest BCUT2D eigenvalue weighted by Crippen LogP contribution is -2.46. The highest BCUT2D eigenvalue weighted by atomic mass is 32.2. The third-order valence-electron chi connectivity index (χ3n) is 3.37. The third kappa shape index (κ3) is 4.93. The summed E-state index contributed by atoms with van der Waals surface area (Å²) < 4.78 is 25.3. The van der Waals surface area contributed by atoms with E-state index in [-0.39, 0.29) is 6.04 Å². The molecule has 5 heteroatoms. The first-order chi connectivity index (χ1) is 8.92. The highest BCUT2D eigenvalue weighted by molar-refractivity contribution is 7.88. The van der Waals surface area contributed by atoms with E-state index in [4.69, 9.17) is 0 Å². The summed E-state index contributed by atoms with van der Waals surface area (Å²) in [6.45, 7) is 4.81. The Bertz CT molecular complexity index is 528. The molecule has 0 bridgehead atoms. The van der Waals surface area contributed by atoms with Gasteiger partial charge in [0.25, 0.3) is 0 Å². The zero-order chi connectivity index (χ0) is 13.9. The zero-order valence-electron chi connectivity index (χ0n) is 11.6. The SMILES string of the molecule is Cc1cccc(CN2CCCC(NS(C)(=O)=O)C2)c1. The normalized spacial score (nSPS) is 21.5. The number of likely N-dealkylation sites (tertiary alicyclic amines) is 1. The Hall–Kier alpha value is -0.910. The van der Waals surface area contributed by atoms with Crippen molar-refractivity contribution < 1.29 is 8.42 Å². The minimum atomic E-state index is -3.10. The van der Waals surface area contributed by atoms with Crippen LogP contribution in [0, 0.1) is 6.92 Å². The molecule has 106 valence electrons. The Labute approximate surface area is 115 Å². The lowest BCUT2D eigenvalue weighted by molar-refractivity contribution is 0.194. The molecule has 1 heterocycles. The van der Waals surface area contributed by atoms with Crippen molar-refractivity contribution in [3.8, 4) is 0 Å². The molecule has 4 nitrogen and oxygen atoms in total. The van der Waals surface area contributed by atoms with Crippen molar-refractivity contribution in [2.75, 3.05) is 19.3 Å². The Kier molecular flexibility index (Phi) is 4.60. The van der Waals surface area contributed by atoms with Crippen LogP contribution < -0.4 is 4.72 Å². The van der Waals surface area contributed by atoms with Crippen LogP contribution in [0.4, 0.5) is 0 Å². The van der Waals surface area contributed by atoms with Crippen molar-refractivity contribution in [2.24, 2.45) is 0 Å². The minimum Gasteiger partial charge on any atom is -0.298 e. The molecule has 0 aromatic heterocycles. The molecule has 1 aliphatic rings. The van der Waals surface area contributed by atoms with Gasteiger partial charge in [0.1, 0.15) is 0 Å². The Morgan fingerprint density at radius 3 is 2.89 bits per heavy atom. The van der Waals surface area contributed by atoms with Crippen LogP contribution in [-0.4, -0.2) is 38.7 Å². The predicted octanol–water partition coefficient (Wildman–Crippen LogP) is 1.51. The molecule has 1 aromatic carbocycles. The smallest absolute Gasteiger partial charge is 0.208 e. The Morgan fingerprint density at radius 2 is 2.21 bits per heavy atom. The van der Waals surface area contributed by atoms with E-state index in [0.717, 1.165) is 32.5 Å². The van der Waals surface area contributed by atoms with E-state index in [1.807, 2.05) is 0 Å². The van der Waals surface area contributed by atoms with E-state index in [2.05, 4.69) is 40.8 Å². The summed E-state index contributed by atoms with van der Waals surface area (Å²) in [7, 11) is -3.10. The van der Waals surface area contributed by atoms with Crippen LogP contribution in [0.1, 0.15) is 24.0 Å². The summed E-state index contributed by atoms with van der Waals surface area (Å²) in [6.07, 6.45) is 3.20. The molecule has 0 aliphatic carbocycles. The summed E-state index contributed by atoms with van der Waals surface area (Å²) in [5, 5.41) is 0. The van der Waals surface area contributed by atoms with Crippen LogP contribution in [0.5, 0.6) is 0 Å². The molecule has 1 N–H and O–H groups in total. The topological polar surface area (TPSA) is 49.4 Å². The lowest BCUT2D eigenvalue weighted by atomic mass is 10.1. The molecule has 1 atom stereocenters. The minimum absolute atomic E-state index is 0.0496. The van der Waals surface area contributed by atoms with Crippen LogP contribution >= 0.6 is 0 Å². The average molecular weight is 282 g/mol. The molecule has 0 spiro atoms. The molecular weight excluding hydrogens is 260 g/mol. The summed E-state index contributed by atoms with van der Waals surface area (Å²) in [4.78, 5) is 2.32. The van der Waals surface area contributed by atoms with Crippen molar-refractivity contribution >= 4 is 10.0 Å². The second kappa shape index (κ2) is 6.03. The summed E-state index contributed by atoms with van der Waals surface area (Å²) in [5.41, 5.74) is 2.56. The number of piperidine rings is 1. The molecule has 0 amide bonds. The molecule has 2 rings (SSSR count). The molecular formula is C14H22N2O2S. The molecule has 1 fully saturated rings. The van der Waals surface area contributed by atoms with E-state index in [0.29, 0.717) is 0 Å². The number of aryl methyl sites for hydroxylation is 1. The molecule has 1 aromatic rings. The van der Waals surface area contributed by atoms with Crippen molar-refractivity contribution in [3.63, 3.8) is 0 Å². The fourth-order valence-corrected chi connectivity index (χ4v) is 3.46. The first-order valence-corrected chi connectivity index (χ1v) is 8.57. The Balaban J connectivity index is 1.94. The van der Waals surface area contributed by atoms with Crippen molar-refractivity contribution in [1.29, 1.82) is 0 Å². The standard InChI is InChI=1S/C14H22N2O2S/c1-12-5-3-6-13(9-12)10-16-8-4-7-14(11-16)15-19(2,17)18/h3,5-6,9,14-15H,4,7-8,10-11H2,1-2H3. The van der Waals surface area contributed by atoms with Gasteiger partial charge >= 0.3 is 0 Å².